The van der Waals surface area contributed by atoms with Crippen LogP contribution in [0.15, 0.2) is 0 Å². The maximum absolute atomic E-state index is 5.58. The molecule has 1 saturated heterocycles. The van der Waals surface area contributed by atoms with Gasteiger partial charge in [-0.15, -0.1) is 0 Å². The summed E-state index contributed by atoms with van der Waals surface area (Å²) in [6.07, 6.45) is 0.212. The molecular weight excluding hydrogens is 192 g/mol. The fourth-order valence-electron chi connectivity index (χ4n) is 1.64. The maximum Gasteiger partial charge on any atom is 0.0824 e. The fourth-order valence-corrected chi connectivity index (χ4v) is 1.64. The lowest BCUT2D eigenvalue weighted by Crippen LogP contribution is -2.46. The Morgan fingerprint density at radius 3 is 3.00 bits per heavy atom. The Kier molecular flexibility index (Phi) is 6.17. The average Bonchev–Trinajstić information content (AvgIpc) is 2.24. The first-order valence-corrected chi connectivity index (χ1v) is 5.84. The zero-order chi connectivity index (χ0) is 11.1. The Hall–Kier alpha value is -0.160. The van der Waals surface area contributed by atoms with Gasteiger partial charge in [-0.05, 0) is 5.92 Å². The number of nitrogens with two attached hydrogens (primary N) is 1. The first-order valence-electron chi connectivity index (χ1n) is 5.84. The van der Waals surface area contributed by atoms with Gasteiger partial charge in [-0.25, -0.2) is 0 Å². The molecule has 15 heavy (non-hydrogen) atoms. The van der Waals surface area contributed by atoms with Crippen LogP contribution in [0, 0.1) is 5.92 Å². The smallest absolute Gasteiger partial charge is 0.0824 e. The second kappa shape index (κ2) is 7.17. The Morgan fingerprint density at radius 2 is 2.33 bits per heavy atom. The summed E-state index contributed by atoms with van der Waals surface area (Å²) in [5.74, 6) is 0.617. The maximum atomic E-state index is 5.58. The zero-order valence-corrected chi connectivity index (χ0v) is 9.95. The first-order chi connectivity index (χ1) is 7.22. The van der Waals surface area contributed by atoms with Gasteiger partial charge in [-0.3, -0.25) is 4.90 Å². The number of hydrogen-bond acceptors (Lipinski definition) is 4. The van der Waals surface area contributed by atoms with E-state index in [0.29, 0.717) is 12.5 Å². The average molecular weight is 216 g/mol. The van der Waals surface area contributed by atoms with Crippen LogP contribution in [0.3, 0.4) is 0 Å². The monoisotopic (exact) mass is 216 g/mol. The molecule has 0 aromatic carbocycles. The molecule has 0 saturated carbocycles. The summed E-state index contributed by atoms with van der Waals surface area (Å²) in [7, 11) is 0. The Morgan fingerprint density at radius 1 is 1.53 bits per heavy atom. The highest BCUT2D eigenvalue weighted by Gasteiger charge is 2.18. The van der Waals surface area contributed by atoms with Gasteiger partial charge < -0.3 is 15.2 Å². The number of rotatable bonds is 6. The molecule has 0 spiro atoms. The molecule has 90 valence electrons. The van der Waals surface area contributed by atoms with Gasteiger partial charge in [0.05, 0.1) is 19.3 Å². The van der Waals surface area contributed by atoms with E-state index >= 15 is 0 Å². The molecule has 4 nitrogen and oxygen atoms in total. The van der Waals surface area contributed by atoms with Crippen molar-refractivity contribution in [2.75, 3.05) is 46.0 Å². The van der Waals surface area contributed by atoms with Crippen LogP contribution >= 0.6 is 0 Å². The predicted molar refractivity (Wildman–Crippen MR) is 60.9 cm³/mol. The van der Waals surface area contributed by atoms with Crippen LogP contribution in [0.2, 0.25) is 0 Å². The Balaban J connectivity index is 2.05. The molecule has 1 atom stereocenters. The van der Waals surface area contributed by atoms with E-state index in [-0.39, 0.29) is 6.10 Å². The fraction of sp³-hybridized carbons (Fsp3) is 1.00. The number of ether oxygens (including phenoxy) is 2. The second-order valence-corrected chi connectivity index (χ2v) is 4.50. The largest absolute Gasteiger partial charge is 0.380 e. The molecule has 0 aliphatic carbocycles. The molecule has 1 heterocycles. The van der Waals surface area contributed by atoms with Crippen LogP contribution in [0.4, 0.5) is 0 Å². The van der Waals surface area contributed by atoms with Gasteiger partial charge in [0.1, 0.15) is 0 Å². The van der Waals surface area contributed by atoms with Crippen LogP contribution in [0.5, 0.6) is 0 Å². The predicted octanol–water partition coefficient (Wildman–Crippen LogP) is 0.319. The van der Waals surface area contributed by atoms with Crippen LogP contribution in [0.1, 0.15) is 13.8 Å². The molecule has 0 radical (unpaired) electrons. The quantitative estimate of drug-likeness (QED) is 0.650. The lowest BCUT2D eigenvalue weighted by molar-refractivity contribution is -0.0324. The third-order valence-corrected chi connectivity index (χ3v) is 2.49. The van der Waals surface area contributed by atoms with Crippen LogP contribution in [-0.4, -0.2) is 57.0 Å². The van der Waals surface area contributed by atoms with Crippen molar-refractivity contribution in [1.29, 1.82) is 0 Å². The van der Waals surface area contributed by atoms with Gasteiger partial charge in [-0.1, -0.05) is 13.8 Å². The topological polar surface area (TPSA) is 47.7 Å². The molecule has 2 N–H and O–H groups in total. The molecule has 0 aromatic rings. The summed E-state index contributed by atoms with van der Waals surface area (Å²) in [6, 6.07) is 0. The van der Waals surface area contributed by atoms with E-state index < -0.39 is 0 Å². The van der Waals surface area contributed by atoms with E-state index in [9.17, 15) is 0 Å². The van der Waals surface area contributed by atoms with Crippen molar-refractivity contribution in [2.24, 2.45) is 11.7 Å². The van der Waals surface area contributed by atoms with Crippen molar-refractivity contribution in [2.45, 2.75) is 20.0 Å². The van der Waals surface area contributed by atoms with Gasteiger partial charge in [0.25, 0.3) is 0 Å². The van der Waals surface area contributed by atoms with Gasteiger partial charge in [-0.2, -0.15) is 0 Å². The van der Waals surface area contributed by atoms with Gasteiger partial charge >= 0.3 is 0 Å². The third kappa shape index (κ3) is 5.47. The molecule has 0 amide bonds. The van der Waals surface area contributed by atoms with Gasteiger partial charge in [0.15, 0.2) is 0 Å². The summed E-state index contributed by atoms with van der Waals surface area (Å²) in [5.41, 5.74) is 5.58. The lowest BCUT2D eigenvalue weighted by atomic mass is 10.2. The third-order valence-electron chi connectivity index (χ3n) is 2.49. The van der Waals surface area contributed by atoms with Gasteiger partial charge in [0.2, 0.25) is 0 Å². The van der Waals surface area contributed by atoms with E-state index in [1.807, 2.05) is 0 Å². The molecular formula is C11H24N2O2. The van der Waals surface area contributed by atoms with E-state index in [2.05, 4.69) is 18.7 Å². The van der Waals surface area contributed by atoms with E-state index in [1.54, 1.807) is 0 Å². The standard InChI is InChI=1S/C11H24N2O2/c1-10(2)9-14-5-3-13-4-6-15-11(7-12)8-13/h10-11H,3-9,12H2,1-2H3. The van der Waals surface area contributed by atoms with Crippen LogP contribution in [0.25, 0.3) is 0 Å². The molecule has 4 heteroatoms. The van der Waals surface area contributed by atoms with Crippen molar-refractivity contribution < 1.29 is 9.47 Å². The second-order valence-electron chi connectivity index (χ2n) is 4.50. The molecule has 1 aliphatic rings. The van der Waals surface area contributed by atoms with E-state index in [4.69, 9.17) is 15.2 Å². The number of morpholine rings is 1. The van der Waals surface area contributed by atoms with Gasteiger partial charge in [0, 0.05) is 32.8 Å². The Labute approximate surface area is 92.7 Å². The van der Waals surface area contributed by atoms with E-state index in [1.165, 1.54) is 0 Å². The van der Waals surface area contributed by atoms with Crippen LogP contribution in [-0.2, 0) is 9.47 Å². The summed E-state index contributed by atoms with van der Waals surface area (Å²) in [4.78, 5) is 2.36. The Bertz CT molecular complexity index is 165. The molecule has 0 aromatic heterocycles. The summed E-state index contributed by atoms with van der Waals surface area (Å²) >= 11 is 0. The normalized spacial score (nSPS) is 23.6. The summed E-state index contributed by atoms with van der Waals surface area (Å²) in [6.45, 7) is 10.4. The minimum absolute atomic E-state index is 0.212. The number of hydrogen-bond donors (Lipinski definition) is 1. The zero-order valence-electron chi connectivity index (χ0n) is 9.95. The highest BCUT2D eigenvalue weighted by Crippen LogP contribution is 2.03. The first kappa shape index (κ1) is 12.9. The number of nitrogens with zero attached hydrogens (tertiary/aromatic N) is 1. The van der Waals surface area contributed by atoms with E-state index in [0.717, 1.165) is 39.5 Å². The van der Waals surface area contributed by atoms with Crippen LogP contribution < -0.4 is 5.73 Å². The molecule has 0 bridgehead atoms. The van der Waals surface area contributed by atoms with Crippen molar-refractivity contribution in [3.05, 3.63) is 0 Å². The summed E-state index contributed by atoms with van der Waals surface area (Å²) < 4.78 is 11.0. The summed E-state index contributed by atoms with van der Waals surface area (Å²) in [5, 5.41) is 0. The molecule has 1 fully saturated rings. The van der Waals surface area contributed by atoms with Crippen molar-refractivity contribution in [1.82, 2.24) is 4.90 Å². The molecule has 1 rings (SSSR count). The van der Waals surface area contributed by atoms with Crippen molar-refractivity contribution >= 4 is 0 Å². The minimum atomic E-state index is 0.212. The highest BCUT2D eigenvalue weighted by molar-refractivity contribution is 4.71. The highest BCUT2D eigenvalue weighted by atomic mass is 16.5. The van der Waals surface area contributed by atoms with Crippen molar-refractivity contribution in [3.8, 4) is 0 Å². The van der Waals surface area contributed by atoms with Crippen molar-refractivity contribution in [3.63, 3.8) is 0 Å². The molecule has 1 unspecified atom stereocenters. The molecule has 1 aliphatic heterocycles. The lowest BCUT2D eigenvalue weighted by Gasteiger charge is -2.32. The minimum Gasteiger partial charge on any atom is -0.380 e. The SMILES string of the molecule is CC(C)COCCN1CCOC(CN)C1.